The molecule has 0 atom stereocenters. The van der Waals surface area contributed by atoms with Crippen LogP contribution in [0.1, 0.15) is 29.2 Å². The fourth-order valence-corrected chi connectivity index (χ4v) is 2.29. The Bertz CT molecular complexity index is 747. The van der Waals surface area contributed by atoms with Crippen molar-refractivity contribution in [3.8, 4) is 11.5 Å². The normalized spacial score (nSPS) is 10.8. The third-order valence-electron chi connectivity index (χ3n) is 3.57. The van der Waals surface area contributed by atoms with Crippen molar-refractivity contribution >= 4 is 12.0 Å². The van der Waals surface area contributed by atoms with E-state index in [-0.39, 0.29) is 0 Å². The van der Waals surface area contributed by atoms with Crippen LogP contribution >= 0.6 is 0 Å². The van der Waals surface area contributed by atoms with E-state index in [0.717, 1.165) is 17.2 Å². The summed E-state index contributed by atoms with van der Waals surface area (Å²) in [6.45, 7) is 6.97. The van der Waals surface area contributed by atoms with Gasteiger partial charge in [0.25, 0.3) is 0 Å². The average Bonchev–Trinajstić information content (AvgIpc) is 2.55. The van der Waals surface area contributed by atoms with E-state index in [4.69, 9.17) is 14.6 Å². The van der Waals surface area contributed by atoms with Crippen LogP contribution in [0.2, 0.25) is 0 Å². The SMILES string of the molecule is CCOc1cc(/C=C/C(=O)O)ccc1OCc1cc(C)ccc1C. The van der Waals surface area contributed by atoms with Gasteiger partial charge in [-0.25, -0.2) is 4.79 Å². The Kier molecular flexibility index (Phi) is 6.01. The van der Waals surface area contributed by atoms with Crippen LogP contribution in [-0.2, 0) is 11.4 Å². The highest BCUT2D eigenvalue weighted by molar-refractivity contribution is 5.85. The molecule has 0 heterocycles. The van der Waals surface area contributed by atoms with E-state index in [1.54, 1.807) is 18.2 Å². The molecule has 1 N–H and O–H groups in total. The molecular weight excluding hydrogens is 304 g/mol. The molecule has 126 valence electrons. The van der Waals surface area contributed by atoms with Crippen LogP contribution in [0.5, 0.6) is 11.5 Å². The molecule has 2 aromatic rings. The molecule has 0 radical (unpaired) electrons. The van der Waals surface area contributed by atoms with Crippen LogP contribution in [0.15, 0.2) is 42.5 Å². The van der Waals surface area contributed by atoms with Gasteiger partial charge in [0.15, 0.2) is 11.5 Å². The largest absolute Gasteiger partial charge is 0.490 e. The molecule has 0 bridgehead atoms. The molecule has 0 saturated heterocycles. The first-order valence-electron chi connectivity index (χ1n) is 7.86. The molecule has 0 aromatic heterocycles. The average molecular weight is 326 g/mol. The maximum atomic E-state index is 10.6. The van der Waals surface area contributed by atoms with Crippen molar-refractivity contribution < 1.29 is 19.4 Å². The molecule has 4 nitrogen and oxygen atoms in total. The molecule has 2 rings (SSSR count). The Morgan fingerprint density at radius 1 is 1.08 bits per heavy atom. The van der Waals surface area contributed by atoms with Crippen LogP contribution in [0.4, 0.5) is 0 Å². The zero-order chi connectivity index (χ0) is 17.5. The van der Waals surface area contributed by atoms with E-state index >= 15 is 0 Å². The number of hydrogen-bond acceptors (Lipinski definition) is 3. The second-order valence-electron chi connectivity index (χ2n) is 5.53. The van der Waals surface area contributed by atoms with E-state index in [0.29, 0.717) is 24.7 Å². The molecule has 0 spiro atoms. The van der Waals surface area contributed by atoms with Crippen LogP contribution in [0.3, 0.4) is 0 Å². The summed E-state index contributed by atoms with van der Waals surface area (Å²) in [7, 11) is 0. The Morgan fingerprint density at radius 3 is 2.58 bits per heavy atom. The summed E-state index contributed by atoms with van der Waals surface area (Å²) in [4.78, 5) is 10.6. The van der Waals surface area contributed by atoms with Gasteiger partial charge in [-0.3, -0.25) is 0 Å². The number of benzene rings is 2. The van der Waals surface area contributed by atoms with Crippen LogP contribution in [0.25, 0.3) is 6.08 Å². The smallest absolute Gasteiger partial charge is 0.328 e. The summed E-state index contributed by atoms with van der Waals surface area (Å²) in [5.74, 6) is 0.267. The van der Waals surface area contributed by atoms with Gasteiger partial charge in [0.05, 0.1) is 6.61 Å². The number of hydrogen-bond donors (Lipinski definition) is 1. The summed E-state index contributed by atoms with van der Waals surface area (Å²) < 4.78 is 11.5. The topological polar surface area (TPSA) is 55.8 Å². The number of ether oxygens (including phenoxy) is 2. The minimum absolute atomic E-state index is 0.456. The Balaban J connectivity index is 2.19. The Labute approximate surface area is 142 Å². The molecular formula is C20H22O4. The van der Waals surface area contributed by atoms with E-state index in [1.165, 1.54) is 17.2 Å². The standard InChI is InChI=1S/C20H22O4/c1-4-23-19-12-16(8-10-20(21)22)7-9-18(19)24-13-17-11-14(2)5-6-15(17)3/h5-12H,4,13H2,1-3H3,(H,21,22)/b10-8+. The van der Waals surface area contributed by atoms with Gasteiger partial charge in [0.2, 0.25) is 0 Å². The minimum atomic E-state index is -0.983. The predicted molar refractivity (Wildman–Crippen MR) is 94.5 cm³/mol. The van der Waals surface area contributed by atoms with E-state index in [9.17, 15) is 4.79 Å². The zero-order valence-corrected chi connectivity index (χ0v) is 14.2. The minimum Gasteiger partial charge on any atom is -0.490 e. The van der Waals surface area contributed by atoms with Crippen molar-refractivity contribution in [1.82, 2.24) is 0 Å². The van der Waals surface area contributed by atoms with Crippen molar-refractivity contribution in [3.05, 3.63) is 64.7 Å². The van der Waals surface area contributed by atoms with E-state index < -0.39 is 5.97 Å². The summed E-state index contributed by atoms with van der Waals surface area (Å²) in [5.41, 5.74) is 4.25. The first-order chi connectivity index (χ1) is 11.5. The van der Waals surface area contributed by atoms with Crippen molar-refractivity contribution in [2.75, 3.05) is 6.61 Å². The van der Waals surface area contributed by atoms with Gasteiger partial charge in [-0.05, 0) is 55.7 Å². The lowest BCUT2D eigenvalue weighted by atomic mass is 10.1. The number of carboxylic acid groups (broad SMARTS) is 1. The Morgan fingerprint density at radius 2 is 1.88 bits per heavy atom. The fourth-order valence-electron chi connectivity index (χ4n) is 2.29. The first kappa shape index (κ1) is 17.6. The van der Waals surface area contributed by atoms with Gasteiger partial charge in [0.1, 0.15) is 6.61 Å². The molecule has 0 fully saturated rings. The lowest BCUT2D eigenvalue weighted by Gasteiger charge is -2.14. The highest BCUT2D eigenvalue weighted by Crippen LogP contribution is 2.30. The van der Waals surface area contributed by atoms with Gasteiger partial charge in [0, 0.05) is 6.08 Å². The molecule has 0 amide bonds. The second kappa shape index (κ2) is 8.20. The first-order valence-corrected chi connectivity index (χ1v) is 7.86. The highest BCUT2D eigenvalue weighted by atomic mass is 16.5. The number of carbonyl (C=O) groups is 1. The number of aliphatic carboxylic acids is 1. The van der Waals surface area contributed by atoms with Gasteiger partial charge >= 0.3 is 5.97 Å². The second-order valence-corrected chi connectivity index (χ2v) is 5.53. The summed E-state index contributed by atoms with van der Waals surface area (Å²) in [6, 6.07) is 11.7. The maximum Gasteiger partial charge on any atom is 0.328 e. The van der Waals surface area contributed by atoms with Crippen molar-refractivity contribution in [2.45, 2.75) is 27.4 Å². The molecule has 4 heteroatoms. The molecule has 2 aromatic carbocycles. The summed E-state index contributed by atoms with van der Waals surface area (Å²) in [6.07, 6.45) is 2.63. The van der Waals surface area contributed by atoms with Crippen LogP contribution in [-0.4, -0.2) is 17.7 Å². The molecule has 0 aliphatic carbocycles. The monoisotopic (exact) mass is 326 g/mol. The zero-order valence-electron chi connectivity index (χ0n) is 14.2. The fraction of sp³-hybridized carbons (Fsp3) is 0.250. The summed E-state index contributed by atoms with van der Waals surface area (Å²) >= 11 is 0. The molecule has 0 unspecified atom stereocenters. The highest BCUT2D eigenvalue weighted by Gasteiger charge is 2.07. The van der Waals surface area contributed by atoms with Crippen LogP contribution < -0.4 is 9.47 Å². The number of rotatable bonds is 7. The van der Waals surface area contributed by atoms with Gasteiger partial charge in [-0.1, -0.05) is 29.8 Å². The Hall–Kier alpha value is -2.75. The molecule has 0 aliphatic rings. The molecule has 0 aliphatic heterocycles. The van der Waals surface area contributed by atoms with Crippen molar-refractivity contribution in [2.24, 2.45) is 0 Å². The third kappa shape index (κ3) is 4.88. The lowest BCUT2D eigenvalue weighted by Crippen LogP contribution is -2.01. The van der Waals surface area contributed by atoms with Gasteiger partial charge < -0.3 is 14.6 Å². The van der Waals surface area contributed by atoms with Crippen LogP contribution in [0, 0.1) is 13.8 Å². The third-order valence-corrected chi connectivity index (χ3v) is 3.57. The number of carboxylic acids is 1. The van der Waals surface area contributed by atoms with Gasteiger partial charge in [-0.15, -0.1) is 0 Å². The predicted octanol–water partition coefficient (Wildman–Crippen LogP) is 4.38. The quantitative estimate of drug-likeness (QED) is 0.767. The number of aryl methyl sites for hydroxylation is 2. The van der Waals surface area contributed by atoms with E-state index in [1.807, 2.05) is 6.92 Å². The van der Waals surface area contributed by atoms with Crippen molar-refractivity contribution in [1.29, 1.82) is 0 Å². The molecule has 24 heavy (non-hydrogen) atoms. The van der Waals surface area contributed by atoms with E-state index in [2.05, 4.69) is 32.0 Å². The maximum absolute atomic E-state index is 10.6. The molecule has 0 saturated carbocycles. The van der Waals surface area contributed by atoms with Crippen molar-refractivity contribution in [3.63, 3.8) is 0 Å². The summed E-state index contributed by atoms with van der Waals surface area (Å²) in [5, 5.41) is 8.72. The van der Waals surface area contributed by atoms with Gasteiger partial charge in [-0.2, -0.15) is 0 Å². The lowest BCUT2D eigenvalue weighted by molar-refractivity contribution is -0.131.